The molecule has 1 aliphatic rings. The minimum absolute atomic E-state index is 0. The molecule has 1 aromatic carbocycles. The minimum atomic E-state index is 0. The summed E-state index contributed by atoms with van der Waals surface area (Å²) in [6.07, 6.45) is 5.86. The van der Waals surface area contributed by atoms with Gasteiger partial charge in [0.2, 0.25) is 0 Å². The van der Waals surface area contributed by atoms with Gasteiger partial charge in [0.25, 0.3) is 0 Å². The number of H-pyrrole nitrogens is 1. The van der Waals surface area contributed by atoms with Crippen LogP contribution in [0.4, 0.5) is 5.82 Å². The highest BCUT2D eigenvalue weighted by atomic mass is 127. The van der Waals surface area contributed by atoms with Gasteiger partial charge in [0.15, 0.2) is 5.96 Å². The molecule has 1 aliphatic heterocycles. The van der Waals surface area contributed by atoms with Crippen molar-refractivity contribution in [3.63, 3.8) is 0 Å². The number of halogens is 2. The van der Waals surface area contributed by atoms with Crippen LogP contribution in [0.15, 0.2) is 47.7 Å². The molecule has 0 bridgehead atoms. The largest absolute Gasteiger partial charge is 0.361 e. The van der Waals surface area contributed by atoms with Crippen molar-refractivity contribution in [3.8, 4) is 0 Å². The zero-order valence-corrected chi connectivity index (χ0v) is 20.4. The standard InChI is InChI=1S/C22H27ClN6.HI/c1-15-5-3-7-19-20(15)16(13-27-19)8-11-26-22(24-2)28-17-9-12-29(14-17)21-18(23)6-4-10-25-21;/h3-7,10,13,17,27H,8-9,11-12,14H2,1-2H3,(H2,24,26,28);1H. The Labute approximate surface area is 199 Å². The maximum atomic E-state index is 6.29. The maximum Gasteiger partial charge on any atom is 0.191 e. The summed E-state index contributed by atoms with van der Waals surface area (Å²) < 4.78 is 0. The minimum Gasteiger partial charge on any atom is -0.361 e. The number of nitrogens with zero attached hydrogens (tertiary/aromatic N) is 3. The van der Waals surface area contributed by atoms with Gasteiger partial charge in [-0.3, -0.25) is 4.99 Å². The van der Waals surface area contributed by atoms with E-state index < -0.39 is 0 Å². The molecule has 0 spiro atoms. The SMILES string of the molecule is CN=C(NCCc1c[nH]c2cccc(C)c12)NC1CCN(c2ncccc2Cl)C1.I. The third-order valence-electron chi connectivity index (χ3n) is 5.47. The molecule has 1 atom stereocenters. The quantitative estimate of drug-likeness (QED) is 0.260. The summed E-state index contributed by atoms with van der Waals surface area (Å²) in [5.74, 6) is 1.69. The lowest BCUT2D eigenvalue weighted by molar-refractivity contribution is 0.648. The van der Waals surface area contributed by atoms with Crippen molar-refractivity contribution in [1.82, 2.24) is 20.6 Å². The number of guanidine groups is 1. The molecule has 0 amide bonds. The maximum absolute atomic E-state index is 6.29. The van der Waals surface area contributed by atoms with E-state index in [1.165, 1.54) is 22.0 Å². The second-order valence-corrected chi connectivity index (χ2v) is 7.85. The van der Waals surface area contributed by atoms with Crippen molar-refractivity contribution in [2.24, 2.45) is 4.99 Å². The van der Waals surface area contributed by atoms with Gasteiger partial charge in [-0.05, 0) is 49.1 Å². The van der Waals surface area contributed by atoms with Crippen LogP contribution < -0.4 is 15.5 Å². The first-order valence-electron chi connectivity index (χ1n) is 10.0. The number of aromatic nitrogens is 2. The number of pyridine rings is 1. The van der Waals surface area contributed by atoms with Crippen molar-refractivity contribution in [3.05, 3.63) is 58.9 Å². The predicted octanol–water partition coefficient (Wildman–Crippen LogP) is 4.13. The predicted molar refractivity (Wildman–Crippen MR) is 137 cm³/mol. The van der Waals surface area contributed by atoms with Crippen LogP contribution in [0, 0.1) is 6.92 Å². The van der Waals surface area contributed by atoms with Crippen molar-refractivity contribution in [1.29, 1.82) is 0 Å². The number of aliphatic imine (C=N–C) groups is 1. The van der Waals surface area contributed by atoms with Crippen LogP contribution in [0.1, 0.15) is 17.5 Å². The summed E-state index contributed by atoms with van der Waals surface area (Å²) in [6.45, 7) is 4.77. The zero-order valence-electron chi connectivity index (χ0n) is 17.3. The molecule has 160 valence electrons. The third-order valence-corrected chi connectivity index (χ3v) is 5.77. The number of aromatic amines is 1. The Morgan fingerprint density at radius 3 is 3.00 bits per heavy atom. The Morgan fingerprint density at radius 1 is 1.33 bits per heavy atom. The van der Waals surface area contributed by atoms with Gasteiger partial charge >= 0.3 is 0 Å². The molecular formula is C22H28ClIN6. The van der Waals surface area contributed by atoms with Gasteiger partial charge in [-0.1, -0.05) is 23.7 Å². The Kier molecular flexibility index (Phi) is 7.82. The first kappa shape index (κ1) is 22.7. The normalized spacial score (nSPS) is 16.6. The molecule has 0 radical (unpaired) electrons. The average Bonchev–Trinajstić information content (AvgIpc) is 3.35. The number of rotatable bonds is 5. The summed E-state index contributed by atoms with van der Waals surface area (Å²) in [4.78, 5) is 14.4. The van der Waals surface area contributed by atoms with Crippen molar-refractivity contribution >= 4 is 58.3 Å². The topological polar surface area (TPSA) is 68.3 Å². The molecular weight excluding hydrogens is 511 g/mol. The molecule has 3 N–H and O–H groups in total. The summed E-state index contributed by atoms with van der Waals surface area (Å²) >= 11 is 6.29. The van der Waals surface area contributed by atoms with Gasteiger partial charge in [-0.2, -0.15) is 0 Å². The van der Waals surface area contributed by atoms with Crippen molar-refractivity contribution in [2.45, 2.75) is 25.8 Å². The highest BCUT2D eigenvalue weighted by Gasteiger charge is 2.25. The van der Waals surface area contributed by atoms with E-state index in [9.17, 15) is 0 Å². The van der Waals surface area contributed by atoms with Crippen LogP contribution in [0.5, 0.6) is 0 Å². The molecule has 3 heterocycles. The first-order chi connectivity index (χ1) is 14.2. The number of nitrogens with one attached hydrogen (secondary N) is 3. The third kappa shape index (κ3) is 5.00. The molecule has 30 heavy (non-hydrogen) atoms. The molecule has 0 saturated carbocycles. The molecule has 4 rings (SSSR count). The fourth-order valence-corrected chi connectivity index (χ4v) is 4.27. The van der Waals surface area contributed by atoms with E-state index >= 15 is 0 Å². The summed E-state index contributed by atoms with van der Waals surface area (Å²) in [7, 11) is 1.81. The van der Waals surface area contributed by atoms with Crippen LogP contribution >= 0.6 is 35.6 Å². The average molecular weight is 539 g/mol. The summed E-state index contributed by atoms with van der Waals surface area (Å²) in [5.41, 5.74) is 3.83. The van der Waals surface area contributed by atoms with E-state index in [0.717, 1.165) is 44.3 Å². The number of anilines is 1. The molecule has 0 aliphatic carbocycles. The second-order valence-electron chi connectivity index (χ2n) is 7.45. The van der Waals surface area contributed by atoms with Gasteiger partial charge < -0.3 is 20.5 Å². The molecule has 1 saturated heterocycles. The fourth-order valence-electron chi connectivity index (χ4n) is 4.03. The number of hydrogen-bond acceptors (Lipinski definition) is 3. The van der Waals surface area contributed by atoms with Crippen LogP contribution in [0.25, 0.3) is 10.9 Å². The Hall–Kier alpha value is -2.00. The van der Waals surface area contributed by atoms with Gasteiger partial charge in [0.05, 0.1) is 5.02 Å². The lowest BCUT2D eigenvalue weighted by atomic mass is 10.1. The van der Waals surface area contributed by atoms with E-state index in [4.69, 9.17) is 11.6 Å². The molecule has 2 aromatic heterocycles. The van der Waals surface area contributed by atoms with Gasteiger partial charge in [0.1, 0.15) is 5.82 Å². The zero-order chi connectivity index (χ0) is 20.2. The van der Waals surface area contributed by atoms with Crippen LogP contribution in [-0.4, -0.2) is 48.7 Å². The van der Waals surface area contributed by atoms with Crippen molar-refractivity contribution in [2.75, 3.05) is 31.6 Å². The monoisotopic (exact) mass is 538 g/mol. The fraction of sp³-hybridized carbons (Fsp3) is 0.364. The van der Waals surface area contributed by atoms with E-state index in [0.29, 0.717) is 11.1 Å². The lowest BCUT2D eigenvalue weighted by Gasteiger charge is -2.20. The number of benzene rings is 1. The van der Waals surface area contributed by atoms with Crippen LogP contribution in [0.3, 0.4) is 0 Å². The molecule has 3 aromatic rings. The van der Waals surface area contributed by atoms with Gasteiger partial charge in [-0.25, -0.2) is 4.98 Å². The highest BCUT2D eigenvalue weighted by Crippen LogP contribution is 2.26. The van der Waals surface area contributed by atoms with E-state index in [-0.39, 0.29) is 24.0 Å². The smallest absolute Gasteiger partial charge is 0.191 e. The molecule has 1 fully saturated rings. The summed E-state index contributed by atoms with van der Waals surface area (Å²) in [5, 5.41) is 9.01. The van der Waals surface area contributed by atoms with Crippen LogP contribution in [-0.2, 0) is 6.42 Å². The molecule has 6 nitrogen and oxygen atoms in total. The lowest BCUT2D eigenvalue weighted by Crippen LogP contribution is -2.45. The van der Waals surface area contributed by atoms with E-state index in [1.54, 1.807) is 6.20 Å². The summed E-state index contributed by atoms with van der Waals surface area (Å²) in [6, 6.07) is 10.4. The number of hydrogen-bond donors (Lipinski definition) is 3. The Morgan fingerprint density at radius 2 is 2.20 bits per heavy atom. The van der Waals surface area contributed by atoms with E-state index in [2.05, 4.69) is 61.8 Å². The van der Waals surface area contributed by atoms with Crippen molar-refractivity contribution < 1.29 is 0 Å². The Balaban J connectivity index is 0.00000256. The van der Waals surface area contributed by atoms with Crippen LogP contribution in [0.2, 0.25) is 5.02 Å². The number of fused-ring (bicyclic) bond motifs is 1. The molecule has 1 unspecified atom stereocenters. The second kappa shape index (κ2) is 10.3. The molecule has 8 heteroatoms. The van der Waals surface area contributed by atoms with Gasteiger partial charge in [0, 0.05) is 56.0 Å². The Bertz CT molecular complexity index is 1020. The highest BCUT2D eigenvalue weighted by molar-refractivity contribution is 14.0. The van der Waals surface area contributed by atoms with E-state index in [1.807, 2.05) is 19.2 Å². The first-order valence-corrected chi connectivity index (χ1v) is 10.4. The number of aryl methyl sites for hydroxylation is 1. The van der Waals surface area contributed by atoms with Gasteiger partial charge in [-0.15, -0.1) is 24.0 Å².